The third kappa shape index (κ3) is 6.73. The Bertz CT molecular complexity index is 370. The van der Waals surface area contributed by atoms with Crippen molar-refractivity contribution in [1.29, 1.82) is 0 Å². The second kappa shape index (κ2) is 11.0. The van der Waals surface area contributed by atoms with Gasteiger partial charge in [0.25, 0.3) is 0 Å². The van der Waals surface area contributed by atoms with E-state index >= 15 is 0 Å². The number of rotatable bonds is 7. The zero-order chi connectivity index (χ0) is 13.5. The van der Waals surface area contributed by atoms with Crippen molar-refractivity contribution < 1.29 is 3.07 Å². The van der Waals surface area contributed by atoms with Crippen molar-refractivity contribution in [3.8, 4) is 0 Å². The van der Waals surface area contributed by atoms with Crippen LogP contribution in [0.3, 0.4) is 0 Å². The van der Waals surface area contributed by atoms with E-state index in [2.05, 4.69) is 57.3 Å². The number of hydrogen-bond donors (Lipinski definition) is 1. The third-order valence-electron chi connectivity index (χ3n) is 2.76. The summed E-state index contributed by atoms with van der Waals surface area (Å²) in [5, 5.41) is 0. The summed E-state index contributed by atoms with van der Waals surface area (Å²) in [4.78, 5) is 2.30. The van der Waals surface area contributed by atoms with Crippen LogP contribution in [0.25, 0.3) is 0 Å². The van der Waals surface area contributed by atoms with Gasteiger partial charge in [-0.15, -0.1) is 12.4 Å². The van der Waals surface area contributed by atoms with Crippen LogP contribution < -0.4 is 9.31 Å². The molecule has 109 valence electrons. The summed E-state index contributed by atoms with van der Waals surface area (Å²) < 4.78 is 7.72. The van der Waals surface area contributed by atoms with Gasteiger partial charge in [0.2, 0.25) is 0 Å². The summed E-state index contributed by atoms with van der Waals surface area (Å²) in [6.07, 6.45) is 2.30. The smallest absolute Gasteiger partial charge is 0.147 e. The SMILES string of the molecule is CCCC([O][Sn]([CH3])[c]1ccccc1C(C)N)SI.Cl. The van der Waals surface area contributed by atoms with Crippen molar-refractivity contribution in [2.75, 3.05) is 0 Å². The molecule has 0 saturated heterocycles. The number of hydrogen-bond acceptors (Lipinski definition) is 3. The molecule has 0 heterocycles. The fourth-order valence-corrected chi connectivity index (χ4v) is 11.1. The predicted octanol–water partition coefficient (Wildman–Crippen LogP) is 4.18. The Morgan fingerprint density at radius 1 is 1.42 bits per heavy atom. The summed E-state index contributed by atoms with van der Waals surface area (Å²) in [5.41, 5.74) is 7.65. The third-order valence-corrected chi connectivity index (χ3v) is 10.8. The maximum atomic E-state index is 6.31. The number of halogens is 2. The minimum absolute atomic E-state index is 0. The average Bonchev–Trinajstić information content (AvgIpc) is 2.38. The number of benzene rings is 1. The van der Waals surface area contributed by atoms with E-state index in [4.69, 9.17) is 8.81 Å². The summed E-state index contributed by atoms with van der Waals surface area (Å²) in [5.74, 6) is 0. The van der Waals surface area contributed by atoms with Gasteiger partial charge < -0.3 is 0 Å². The molecule has 2 N–H and O–H groups in total. The second-order valence-electron chi connectivity index (χ2n) is 4.36. The predicted molar refractivity (Wildman–Crippen MR) is 98.9 cm³/mol. The van der Waals surface area contributed by atoms with Gasteiger partial charge in [-0.25, -0.2) is 0 Å². The Morgan fingerprint density at radius 3 is 2.58 bits per heavy atom. The van der Waals surface area contributed by atoms with E-state index < -0.39 is 20.2 Å². The molecule has 0 amide bonds. The normalized spacial score (nSPS) is 14.0. The summed E-state index contributed by atoms with van der Waals surface area (Å²) in [6.45, 7) is 4.25. The van der Waals surface area contributed by atoms with Crippen LogP contribution in [0.1, 0.15) is 38.3 Å². The molecule has 1 aromatic carbocycles. The minimum Gasteiger partial charge on any atom is -0.147 e. The average molecular weight is 521 g/mol. The van der Waals surface area contributed by atoms with E-state index in [1.807, 2.05) is 6.92 Å². The Labute approximate surface area is 146 Å². The second-order valence-corrected chi connectivity index (χ2v) is 12.0. The summed E-state index contributed by atoms with van der Waals surface area (Å²) in [7, 11) is 1.80. The molecule has 0 aliphatic carbocycles. The van der Waals surface area contributed by atoms with Gasteiger partial charge in [-0.05, 0) is 0 Å². The Morgan fingerprint density at radius 2 is 2.05 bits per heavy atom. The van der Waals surface area contributed by atoms with Crippen LogP contribution in [0.15, 0.2) is 24.3 Å². The standard InChI is InChI=1S/C8H10N.C4H8IOS.CH3.ClH.Sn/c1-7(9)8-5-3-2-4-6-8;1-2-3-4(6)7-5;;;/h2-5,7H,9H2,1H3;4H,2-3H2,1H3;1H3;1H;/q;-1;;;+1. The van der Waals surface area contributed by atoms with Crippen LogP contribution in [-0.4, -0.2) is 25.6 Å². The van der Waals surface area contributed by atoms with Gasteiger partial charge in [0, 0.05) is 0 Å². The molecule has 0 aliphatic rings. The first-order valence-corrected chi connectivity index (χ1v) is 15.1. The van der Waals surface area contributed by atoms with Crippen molar-refractivity contribution in [3.63, 3.8) is 0 Å². The van der Waals surface area contributed by atoms with Crippen LogP contribution in [0.4, 0.5) is 0 Å². The van der Waals surface area contributed by atoms with E-state index in [0.29, 0.717) is 5.44 Å². The number of nitrogens with two attached hydrogens (primary N) is 1. The maximum Gasteiger partial charge on any atom is -0.147 e. The van der Waals surface area contributed by atoms with Crippen molar-refractivity contribution in [2.45, 2.75) is 43.1 Å². The van der Waals surface area contributed by atoms with Crippen LogP contribution in [0.2, 0.25) is 4.94 Å². The van der Waals surface area contributed by atoms with Gasteiger partial charge in [-0.1, -0.05) is 0 Å². The van der Waals surface area contributed by atoms with Gasteiger partial charge in [-0.3, -0.25) is 0 Å². The molecule has 0 aliphatic heterocycles. The van der Waals surface area contributed by atoms with Gasteiger partial charge in [0.15, 0.2) is 0 Å². The van der Waals surface area contributed by atoms with Crippen molar-refractivity contribution >= 4 is 66.3 Å². The Hall–Kier alpha value is 1.31. The molecule has 0 fully saturated rings. The van der Waals surface area contributed by atoms with Crippen LogP contribution in [0, 0.1) is 0 Å². The maximum absolute atomic E-state index is 6.31. The molecular weight excluding hydrogens is 499 g/mol. The molecule has 2 atom stereocenters. The van der Waals surface area contributed by atoms with Gasteiger partial charge in [0.1, 0.15) is 0 Å². The molecule has 2 unspecified atom stereocenters. The van der Waals surface area contributed by atoms with E-state index in [-0.39, 0.29) is 18.4 Å². The molecule has 1 radical (unpaired) electrons. The van der Waals surface area contributed by atoms with Crippen molar-refractivity contribution in [3.05, 3.63) is 29.8 Å². The summed E-state index contributed by atoms with van der Waals surface area (Å²) in [6, 6.07) is 8.60. The molecule has 2 nitrogen and oxygen atoms in total. The van der Waals surface area contributed by atoms with Gasteiger partial charge >= 0.3 is 136 Å². The fourth-order valence-electron chi connectivity index (χ4n) is 1.83. The molecule has 0 bridgehead atoms. The van der Waals surface area contributed by atoms with Crippen LogP contribution in [0.5, 0.6) is 0 Å². The molecule has 0 spiro atoms. The van der Waals surface area contributed by atoms with Gasteiger partial charge in [-0.2, -0.15) is 0 Å². The largest absolute Gasteiger partial charge is 0.147 e. The van der Waals surface area contributed by atoms with Gasteiger partial charge in [0.05, 0.1) is 0 Å². The van der Waals surface area contributed by atoms with Crippen molar-refractivity contribution in [1.82, 2.24) is 0 Å². The molecule has 0 saturated carbocycles. The van der Waals surface area contributed by atoms with Crippen LogP contribution in [-0.2, 0) is 3.07 Å². The fraction of sp³-hybridized carbons (Fsp3) is 0.538. The quantitative estimate of drug-likeness (QED) is 0.332. The first-order chi connectivity index (χ1) is 8.60. The van der Waals surface area contributed by atoms with E-state index in [1.54, 1.807) is 8.93 Å². The van der Waals surface area contributed by atoms with E-state index in [0.717, 1.165) is 6.42 Å². The van der Waals surface area contributed by atoms with E-state index in [9.17, 15) is 0 Å². The minimum atomic E-state index is -1.98. The van der Waals surface area contributed by atoms with Crippen molar-refractivity contribution in [2.24, 2.45) is 5.73 Å². The van der Waals surface area contributed by atoms with Crippen LogP contribution >= 0.6 is 42.5 Å². The topological polar surface area (TPSA) is 35.2 Å². The zero-order valence-electron chi connectivity index (χ0n) is 11.6. The molecule has 6 heteroatoms. The Kier molecular flexibility index (Phi) is 11.7. The molecule has 1 rings (SSSR count). The molecule has 19 heavy (non-hydrogen) atoms. The monoisotopic (exact) mass is 522 g/mol. The molecular formula is C13H22ClINOSSn. The molecule has 0 aromatic heterocycles. The Balaban J connectivity index is 0.00000324. The molecule has 1 aromatic rings. The van der Waals surface area contributed by atoms with E-state index in [1.165, 1.54) is 15.6 Å². The zero-order valence-corrected chi connectivity index (χ0v) is 18.2. The first-order valence-electron chi connectivity index (χ1n) is 6.22. The first kappa shape index (κ1) is 20.3. The summed E-state index contributed by atoms with van der Waals surface area (Å²) >= 11 is 0.371.